The van der Waals surface area contributed by atoms with Crippen molar-refractivity contribution in [1.29, 1.82) is 0 Å². The Labute approximate surface area is 138 Å². The van der Waals surface area contributed by atoms with Gasteiger partial charge in [0.25, 0.3) is 5.91 Å². The molecule has 1 aromatic heterocycles. The minimum atomic E-state index is -0.0849. The van der Waals surface area contributed by atoms with Crippen LogP contribution in [0.2, 0.25) is 0 Å². The maximum atomic E-state index is 12.5. The summed E-state index contributed by atoms with van der Waals surface area (Å²) in [6.45, 7) is 1.49. The number of thiophene rings is 1. The van der Waals surface area contributed by atoms with Crippen LogP contribution in [0.5, 0.6) is 0 Å². The van der Waals surface area contributed by atoms with E-state index in [2.05, 4.69) is 16.0 Å². The summed E-state index contributed by atoms with van der Waals surface area (Å²) in [5, 5.41) is 11.3. The van der Waals surface area contributed by atoms with Gasteiger partial charge in [0.2, 0.25) is 5.91 Å². The van der Waals surface area contributed by atoms with Crippen molar-refractivity contribution in [2.75, 3.05) is 5.32 Å². The third-order valence-corrected chi connectivity index (χ3v) is 5.71. The number of carbonyl (C=O) groups is 2. The minimum absolute atomic E-state index is 0.0132. The molecule has 2 aromatic rings. The van der Waals surface area contributed by atoms with E-state index in [4.69, 9.17) is 0 Å². The van der Waals surface area contributed by atoms with Crippen molar-refractivity contribution < 1.29 is 9.59 Å². The Bertz CT molecular complexity index is 785. The fourth-order valence-electron chi connectivity index (χ4n) is 3.64. The molecule has 23 heavy (non-hydrogen) atoms. The molecule has 2 fully saturated rings. The van der Waals surface area contributed by atoms with Crippen LogP contribution in [0.15, 0.2) is 24.3 Å². The topological polar surface area (TPSA) is 70.2 Å². The van der Waals surface area contributed by atoms with Gasteiger partial charge < -0.3 is 16.0 Å². The summed E-state index contributed by atoms with van der Waals surface area (Å²) in [7, 11) is 0. The average Bonchev–Trinajstić information content (AvgIpc) is 3.19. The molecule has 3 heterocycles. The van der Waals surface area contributed by atoms with E-state index in [1.807, 2.05) is 24.3 Å². The predicted octanol–water partition coefficient (Wildman–Crippen LogP) is 2.48. The van der Waals surface area contributed by atoms with Gasteiger partial charge in [0.05, 0.1) is 5.00 Å². The molecular weight excluding hydrogens is 310 g/mol. The van der Waals surface area contributed by atoms with Crippen molar-refractivity contribution in [3.05, 3.63) is 29.8 Å². The van der Waals surface area contributed by atoms with Crippen molar-refractivity contribution in [2.45, 2.75) is 44.3 Å². The SMILES string of the molecule is CC(=O)Nc1cc2ccc(C(=O)N[C@@H]3C[C@H]4CC[C@@H]3N4)cc2s1. The molecule has 5 nitrogen and oxygen atoms in total. The van der Waals surface area contributed by atoms with Gasteiger partial charge in [0.15, 0.2) is 0 Å². The maximum Gasteiger partial charge on any atom is 0.251 e. The summed E-state index contributed by atoms with van der Waals surface area (Å²) >= 11 is 1.49. The van der Waals surface area contributed by atoms with Crippen LogP contribution in [0.25, 0.3) is 10.1 Å². The number of hydrogen-bond acceptors (Lipinski definition) is 4. The van der Waals surface area contributed by atoms with E-state index in [1.165, 1.54) is 24.7 Å². The number of benzene rings is 1. The first-order valence-corrected chi connectivity index (χ1v) is 8.78. The number of amides is 2. The van der Waals surface area contributed by atoms with Crippen LogP contribution in [0, 0.1) is 0 Å². The lowest BCUT2D eigenvalue weighted by Gasteiger charge is -2.21. The monoisotopic (exact) mass is 329 g/mol. The molecule has 6 heteroatoms. The van der Waals surface area contributed by atoms with Gasteiger partial charge in [-0.05, 0) is 42.8 Å². The van der Waals surface area contributed by atoms with Crippen molar-refractivity contribution in [3.63, 3.8) is 0 Å². The number of anilines is 1. The zero-order chi connectivity index (χ0) is 16.0. The summed E-state index contributed by atoms with van der Waals surface area (Å²) in [6.07, 6.45) is 3.41. The molecule has 2 aliphatic rings. The molecule has 0 unspecified atom stereocenters. The van der Waals surface area contributed by atoms with E-state index < -0.39 is 0 Å². The second-order valence-corrected chi connectivity index (χ2v) is 7.49. The van der Waals surface area contributed by atoms with Crippen LogP contribution in [-0.4, -0.2) is 29.9 Å². The Morgan fingerprint density at radius 1 is 1.26 bits per heavy atom. The first-order chi connectivity index (χ1) is 11.1. The third-order valence-electron chi connectivity index (χ3n) is 4.70. The number of nitrogens with one attached hydrogen (secondary N) is 3. The second-order valence-electron chi connectivity index (χ2n) is 6.41. The minimum Gasteiger partial charge on any atom is -0.348 e. The Morgan fingerprint density at radius 3 is 2.83 bits per heavy atom. The zero-order valence-corrected chi connectivity index (χ0v) is 13.7. The molecule has 120 valence electrons. The first-order valence-electron chi connectivity index (χ1n) is 7.96. The Hall–Kier alpha value is -1.92. The van der Waals surface area contributed by atoms with Crippen LogP contribution in [0.3, 0.4) is 0 Å². The molecule has 0 saturated carbocycles. The highest BCUT2D eigenvalue weighted by Gasteiger charge is 2.39. The van der Waals surface area contributed by atoms with E-state index in [-0.39, 0.29) is 17.9 Å². The largest absolute Gasteiger partial charge is 0.348 e. The molecule has 3 atom stereocenters. The zero-order valence-electron chi connectivity index (χ0n) is 12.9. The van der Waals surface area contributed by atoms with Gasteiger partial charge in [-0.3, -0.25) is 9.59 Å². The van der Waals surface area contributed by atoms with Gasteiger partial charge >= 0.3 is 0 Å². The normalized spacial score (nSPS) is 25.7. The lowest BCUT2D eigenvalue weighted by Crippen LogP contribution is -2.42. The molecule has 0 radical (unpaired) electrons. The fourth-order valence-corrected chi connectivity index (χ4v) is 4.69. The first kappa shape index (κ1) is 14.7. The van der Waals surface area contributed by atoms with Crippen LogP contribution in [0.1, 0.15) is 36.5 Å². The summed E-state index contributed by atoms with van der Waals surface area (Å²) in [6, 6.07) is 8.87. The fraction of sp³-hybridized carbons (Fsp3) is 0.412. The second kappa shape index (κ2) is 5.62. The molecule has 3 N–H and O–H groups in total. The predicted molar refractivity (Wildman–Crippen MR) is 91.9 cm³/mol. The lowest BCUT2D eigenvalue weighted by molar-refractivity contribution is -0.114. The number of fused-ring (bicyclic) bond motifs is 3. The van der Waals surface area contributed by atoms with Crippen LogP contribution >= 0.6 is 11.3 Å². The average molecular weight is 329 g/mol. The van der Waals surface area contributed by atoms with E-state index in [0.717, 1.165) is 27.9 Å². The lowest BCUT2D eigenvalue weighted by atomic mass is 9.95. The Balaban J connectivity index is 1.51. The smallest absolute Gasteiger partial charge is 0.251 e. The van der Waals surface area contributed by atoms with Gasteiger partial charge in [0, 0.05) is 35.3 Å². The van der Waals surface area contributed by atoms with Crippen molar-refractivity contribution in [2.24, 2.45) is 0 Å². The highest BCUT2D eigenvalue weighted by molar-refractivity contribution is 7.23. The molecule has 0 spiro atoms. The highest BCUT2D eigenvalue weighted by atomic mass is 32.1. The Morgan fingerprint density at radius 2 is 2.13 bits per heavy atom. The standard InChI is InChI=1S/C17H19N3O2S/c1-9(21)18-16-7-10-2-3-11(6-15(10)23-16)17(22)20-14-8-12-4-5-13(14)19-12/h2-3,6-7,12-14,19H,4-5,8H2,1H3,(H,18,21)(H,20,22)/t12-,13+,14-/m1/s1. The van der Waals surface area contributed by atoms with Crippen LogP contribution in [0.4, 0.5) is 5.00 Å². The summed E-state index contributed by atoms with van der Waals surface area (Å²) in [5.41, 5.74) is 0.677. The summed E-state index contributed by atoms with van der Waals surface area (Å²) in [5.74, 6) is -0.0981. The molecule has 1 aromatic carbocycles. The number of hydrogen-bond donors (Lipinski definition) is 3. The number of carbonyl (C=O) groups excluding carboxylic acids is 2. The van der Waals surface area contributed by atoms with Crippen molar-refractivity contribution >= 4 is 38.2 Å². The highest BCUT2D eigenvalue weighted by Crippen LogP contribution is 2.31. The van der Waals surface area contributed by atoms with Gasteiger partial charge in [-0.25, -0.2) is 0 Å². The molecule has 4 rings (SSSR count). The molecule has 2 amide bonds. The molecule has 0 aliphatic carbocycles. The third kappa shape index (κ3) is 2.84. The summed E-state index contributed by atoms with van der Waals surface area (Å²) < 4.78 is 1.01. The molecular formula is C17H19N3O2S. The van der Waals surface area contributed by atoms with Gasteiger partial charge in [-0.2, -0.15) is 0 Å². The molecule has 2 saturated heterocycles. The van der Waals surface area contributed by atoms with Gasteiger partial charge in [0.1, 0.15) is 0 Å². The summed E-state index contributed by atoms with van der Waals surface area (Å²) in [4.78, 5) is 23.6. The van der Waals surface area contributed by atoms with Crippen LogP contribution in [-0.2, 0) is 4.79 Å². The molecule has 2 bridgehead atoms. The van der Waals surface area contributed by atoms with Crippen LogP contribution < -0.4 is 16.0 Å². The Kier molecular flexibility index (Phi) is 3.58. The number of rotatable bonds is 3. The molecule has 2 aliphatic heterocycles. The van der Waals surface area contributed by atoms with Gasteiger partial charge in [-0.15, -0.1) is 11.3 Å². The van der Waals surface area contributed by atoms with E-state index in [0.29, 0.717) is 17.6 Å². The quantitative estimate of drug-likeness (QED) is 0.810. The van der Waals surface area contributed by atoms with Crippen molar-refractivity contribution in [1.82, 2.24) is 10.6 Å². The van der Waals surface area contributed by atoms with Crippen molar-refractivity contribution in [3.8, 4) is 0 Å². The van der Waals surface area contributed by atoms with E-state index in [9.17, 15) is 9.59 Å². The van der Waals surface area contributed by atoms with E-state index >= 15 is 0 Å². The maximum absolute atomic E-state index is 12.5. The van der Waals surface area contributed by atoms with E-state index in [1.54, 1.807) is 0 Å². The van der Waals surface area contributed by atoms with Gasteiger partial charge in [-0.1, -0.05) is 6.07 Å².